The minimum Gasteiger partial charge on any atom is -0.393 e. The van der Waals surface area contributed by atoms with Crippen LogP contribution in [0.2, 0.25) is 0 Å². The number of fused-ring (bicyclic) bond motifs is 1. The highest BCUT2D eigenvalue weighted by molar-refractivity contribution is 7.90. The second kappa shape index (κ2) is 10.9. The number of rotatable bonds is 8. The zero-order chi connectivity index (χ0) is 26.9. The highest BCUT2D eigenvalue weighted by atomic mass is 32.2. The van der Waals surface area contributed by atoms with Crippen molar-refractivity contribution in [3.8, 4) is 22.4 Å². The van der Waals surface area contributed by atoms with E-state index in [1.54, 1.807) is 12.1 Å². The van der Waals surface area contributed by atoms with Gasteiger partial charge in [-0.05, 0) is 60.4 Å². The van der Waals surface area contributed by atoms with Gasteiger partial charge in [0.1, 0.15) is 0 Å². The molecule has 0 bridgehead atoms. The Morgan fingerprint density at radius 1 is 0.921 bits per heavy atom. The molecule has 0 spiro atoms. The van der Waals surface area contributed by atoms with Gasteiger partial charge in [0, 0.05) is 63.5 Å². The van der Waals surface area contributed by atoms with Crippen molar-refractivity contribution >= 4 is 26.6 Å². The van der Waals surface area contributed by atoms with E-state index in [4.69, 9.17) is 4.98 Å². The van der Waals surface area contributed by atoms with E-state index in [9.17, 15) is 13.5 Å². The van der Waals surface area contributed by atoms with Crippen LogP contribution in [0.15, 0.2) is 71.8 Å². The van der Waals surface area contributed by atoms with Gasteiger partial charge in [0.15, 0.2) is 9.84 Å². The first kappa shape index (κ1) is 26.4. The Labute approximate surface area is 225 Å². The number of anilines is 1. The predicted octanol–water partition coefficient (Wildman–Crippen LogP) is 4.59. The summed E-state index contributed by atoms with van der Waals surface area (Å²) >= 11 is 0. The lowest BCUT2D eigenvalue weighted by Crippen LogP contribution is -2.47. The molecule has 7 nitrogen and oxygen atoms in total. The summed E-state index contributed by atoms with van der Waals surface area (Å²) in [5.74, 6) is 0. The fraction of sp³-hybridized carbons (Fsp3) is 0.367. The Morgan fingerprint density at radius 2 is 1.58 bits per heavy atom. The molecule has 0 amide bonds. The quantitative estimate of drug-likeness (QED) is 0.358. The molecule has 1 unspecified atom stereocenters. The van der Waals surface area contributed by atoms with Crippen molar-refractivity contribution in [3.05, 3.63) is 66.9 Å². The smallest absolute Gasteiger partial charge is 0.175 e. The molecular weight excluding hydrogens is 496 g/mol. The van der Waals surface area contributed by atoms with Gasteiger partial charge in [-0.15, -0.1) is 0 Å². The molecule has 38 heavy (non-hydrogen) atoms. The minimum absolute atomic E-state index is 0.190. The summed E-state index contributed by atoms with van der Waals surface area (Å²) in [5, 5.41) is 9.84. The van der Waals surface area contributed by atoms with E-state index in [2.05, 4.69) is 44.7 Å². The molecule has 200 valence electrons. The number of aliphatic hydroxyl groups excluding tert-OH is 1. The molecule has 0 radical (unpaired) electrons. The topological polar surface area (TPSA) is 78.7 Å². The van der Waals surface area contributed by atoms with E-state index in [1.165, 1.54) is 11.9 Å². The number of hydrogen-bond donors (Lipinski definition) is 1. The summed E-state index contributed by atoms with van der Waals surface area (Å²) in [6, 6.07) is 19.9. The molecule has 1 fully saturated rings. The first-order valence-corrected chi connectivity index (χ1v) is 15.1. The van der Waals surface area contributed by atoms with Crippen LogP contribution in [-0.4, -0.2) is 73.1 Å². The summed E-state index contributed by atoms with van der Waals surface area (Å²) < 4.78 is 25.7. The highest BCUT2D eigenvalue weighted by Crippen LogP contribution is 2.31. The van der Waals surface area contributed by atoms with Gasteiger partial charge >= 0.3 is 0 Å². The van der Waals surface area contributed by atoms with Crippen LogP contribution in [-0.2, 0) is 16.9 Å². The normalized spacial score (nSPS) is 15.7. The predicted molar refractivity (Wildman–Crippen MR) is 154 cm³/mol. The number of pyridine rings is 1. The average Bonchev–Trinajstić information content (AvgIpc) is 3.27. The van der Waals surface area contributed by atoms with Crippen LogP contribution in [0.5, 0.6) is 0 Å². The van der Waals surface area contributed by atoms with Crippen molar-refractivity contribution in [2.24, 2.45) is 7.05 Å². The van der Waals surface area contributed by atoms with Gasteiger partial charge in [0.25, 0.3) is 0 Å². The van der Waals surface area contributed by atoms with Crippen molar-refractivity contribution in [1.82, 2.24) is 14.5 Å². The van der Waals surface area contributed by atoms with Crippen molar-refractivity contribution in [2.75, 3.05) is 43.9 Å². The third kappa shape index (κ3) is 5.62. The molecule has 5 rings (SSSR count). The van der Waals surface area contributed by atoms with Gasteiger partial charge in [-0.25, -0.2) is 8.42 Å². The number of aromatic nitrogens is 2. The van der Waals surface area contributed by atoms with Crippen LogP contribution >= 0.6 is 0 Å². The number of sulfone groups is 1. The molecule has 8 heteroatoms. The van der Waals surface area contributed by atoms with E-state index in [1.807, 2.05) is 38.4 Å². The Balaban J connectivity index is 1.30. The minimum atomic E-state index is -3.22. The van der Waals surface area contributed by atoms with Crippen LogP contribution in [0.25, 0.3) is 33.4 Å². The van der Waals surface area contributed by atoms with E-state index < -0.39 is 9.84 Å². The summed E-state index contributed by atoms with van der Waals surface area (Å²) in [6.07, 6.45) is 4.61. The molecule has 4 aromatic rings. The second-order valence-corrected chi connectivity index (χ2v) is 12.3. The van der Waals surface area contributed by atoms with Crippen molar-refractivity contribution in [3.63, 3.8) is 0 Å². The fourth-order valence-electron chi connectivity index (χ4n) is 5.14. The SMILES string of the molecule is CCC(O)CCN1CCN(c2ccc(-c3cnc4cc(-c5ccc(S(C)(=O)=O)cc5)n(C)c4c3)cc2)CC1. The average molecular weight is 533 g/mol. The molecule has 1 aliphatic rings. The van der Waals surface area contributed by atoms with E-state index >= 15 is 0 Å². The largest absolute Gasteiger partial charge is 0.393 e. The third-order valence-corrected chi connectivity index (χ3v) is 8.79. The summed E-state index contributed by atoms with van der Waals surface area (Å²) in [7, 11) is -1.21. The fourth-order valence-corrected chi connectivity index (χ4v) is 5.77. The van der Waals surface area contributed by atoms with Gasteiger partial charge in [-0.3, -0.25) is 9.88 Å². The number of hydrogen-bond acceptors (Lipinski definition) is 6. The highest BCUT2D eigenvalue weighted by Gasteiger charge is 2.18. The maximum atomic E-state index is 11.8. The molecule has 0 saturated carbocycles. The third-order valence-electron chi connectivity index (χ3n) is 7.66. The molecule has 1 N–H and O–H groups in total. The van der Waals surface area contributed by atoms with Crippen LogP contribution in [0.1, 0.15) is 19.8 Å². The van der Waals surface area contributed by atoms with Gasteiger partial charge in [0.2, 0.25) is 0 Å². The van der Waals surface area contributed by atoms with Crippen LogP contribution in [0.4, 0.5) is 5.69 Å². The van der Waals surface area contributed by atoms with E-state index in [-0.39, 0.29) is 6.10 Å². The number of benzene rings is 2. The van der Waals surface area contributed by atoms with Crippen LogP contribution in [0, 0.1) is 0 Å². The maximum Gasteiger partial charge on any atom is 0.175 e. The maximum absolute atomic E-state index is 11.8. The molecule has 0 aliphatic carbocycles. The lowest BCUT2D eigenvalue weighted by Gasteiger charge is -2.36. The first-order chi connectivity index (χ1) is 18.2. The Bertz CT molecular complexity index is 1500. The van der Waals surface area contributed by atoms with Gasteiger partial charge in [-0.2, -0.15) is 0 Å². The number of aliphatic hydroxyl groups is 1. The second-order valence-electron chi connectivity index (χ2n) is 10.2. The molecule has 1 aliphatic heterocycles. The molecule has 3 heterocycles. The Kier molecular flexibility index (Phi) is 7.56. The number of nitrogens with zero attached hydrogens (tertiary/aromatic N) is 4. The Morgan fingerprint density at radius 3 is 2.21 bits per heavy atom. The molecule has 2 aromatic heterocycles. The zero-order valence-corrected chi connectivity index (χ0v) is 23.2. The van der Waals surface area contributed by atoms with Gasteiger partial charge in [-0.1, -0.05) is 31.2 Å². The van der Waals surface area contributed by atoms with Crippen LogP contribution < -0.4 is 4.90 Å². The summed E-state index contributed by atoms with van der Waals surface area (Å²) in [6.45, 7) is 7.02. The van der Waals surface area contributed by atoms with Crippen molar-refractivity contribution in [2.45, 2.75) is 30.8 Å². The lowest BCUT2D eigenvalue weighted by atomic mass is 10.1. The summed E-state index contributed by atoms with van der Waals surface area (Å²) in [4.78, 5) is 9.91. The number of piperazine rings is 1. The lowest BCUT2D eigenvalue weighted by molar-refractivity contribution is 0.134. The first-order valence-electron chi connectivity index (χ1n) is 13.2. The number of aryl methyl sites for hydroxylation is 1. The molecular formula is C30H36N4O3S. The van der Waals surface area contributed by atoms with Gasteiger partial charge in [0.05, 0.1) is 27.7 Å². The van der Waals surface area contributed by atoms with E-state index in [0.29, 0.717) is 4.90 Å². The monoisotopic (exact) mass is 532 g/mol. The van der Waals surface area contributed by atoms with Crippen molar-refractivity contribution in [1.29, 1.82) is 0 Å². The molecule has 1 saturated heterocycles. The van der Waals surface area contributed by atoms with Crippen LogP contribution in [0.3, 0.4) is 0 Å². The van der Waals surface area contributed by atoms with Gasteiger partial charge < -0.3 is 14.6 Å². The van der Waals surface area contributed by atoms with Crippen molar-refractivity contribution < 1.29 is 13.5 Å². The standard InChI is InChI=1S/C30H36N4O3S/c1-4-26(35)13-14-33-15-17-34(18-16-33)25-9-5-22(6-10-25)24-19-30-28(31-21-24)20-29(32(30)2)23-7-11-27(12-8-23)38(3,36)37/h5-12,19-21,26,35H,4,13-18H2,1-3H3. The Hall–Kier alpha value is -3.20. The molecule has 2 aromatic carbocycles. The zero-order valence-electron chi connectivity index (χ0n) is 22.3. The van der Waals surface area contributed by atoms with E-state index in [0.717, 1.165) is 79.0 Å². The summed E-state index contributed by atoms with van der Waals surface area (Å²) in [5.41, 5.74) is 7.28. The molecule has 1 atom stereocenters.